The number of aromatic nitrogens is 3. The highest BCUT2D eigenvalue weighted by Gasteiger charge is 2.46. The summed E-state index contributed by atoms with van der Waals surface area (Å²) in [5.41, 5.74) is 26.5. The second kappa shape index (κ2) is 38.4. The van der Waals surface area contributed by atoms with Crippen LogP contribution in [-0.2, 0) is 68.9 Å². The van der Waals surface area contributed by atoms with E-state index in [4.69, 9.17) is 52.2 Å². The van der Waals surface area contributed by atoms with Crippen LogP contribution in [0.1, 0.15) is 105 Å². The van der Waals surface area contributed by atoms with Crippen LogP contribution in [0.15, 0.2) is 501 Å². The summed E-state index contributed by atoms with van der Waals surface area (Å²) in [5, 5.41) is 22.8. The monoisotopic (exact) mass is 2150 g/mol. The number of anilines is 12. The molecule has 0 saturated carbocycles. The first-order chi connectivity index (χ1) is 72.9. The zero-order valence-electron chi connectivity index (χ0n) is 83.5. The number of hydrogen-bond donors (Lipinski definition) is 0. The van der Waals surface area contributed by atoms with Crippen molar-refractivity contribution in [3.05, 3.63) is 512 Å². The predicted molar refractivity (Wildman–Crippen MR) is 652 cm³/mol. The van der Waals surface area contributed by atoms with Crippen LogP contribution in [0, 0.1) is 11.3 Å². The summed E-state index contributed by atoms with van der Waals surface area (Å²) >= 11 is 33.9. The molecule has 0 radical (unpaired) electrons. The molecule has 0 amide bonds. The number of nitrogens with zero attached hydrogens (tertiary/aromatic N) is 8. The predicted octanol–water partition coefficient (Wildman–Crippen LogP) is 30.1. The molecule has 8 aliphatic heterocycles. The summed E-state index contributed by atoms with van der Waals surface area (Å²) in [6.45, 7) is 18.6. The first kappa shape index (κ1) is 97.6. The second-order valence-electron chi connectivity index (χ2n) is 40.6. The van der Waals surface area contributed by atoms with E-state index in [0.717, 1.165) is 38.8 Å². The third-order valence-corrected chi connectivity index (χ3v) is 56.2. The topological polar surface area (TPSA) is 75.4 Å². The van der Waals surface area contributed by atoms with E-state index in [-0.39, 0.29) is 21.7 Å². The van der Waals surface area contributed by atoms with Gasteiger partial charge in [0.1, 0.15) is 0 Å². The number of nitriles is 1. The maximum atomic E-state index is 9.37. The Kier molecular flexibility index (Phi) is 25.0. The summed E-state index contributed by atoms with van der Waals surface area (Å²) in [4.78, 5) is 33.1. The molecule has 28 rings (SSSR count). The van der Waals surface area contributed by atoms with Gasteiger partial charge in [0.2, 0.25) is 0 Å². The van der Waals surface area contributed by atoms with Gasteiger partial charge in [-0.25, -0.2) is 0 Å². The van der Waals surface area contributed by atoms with Gasteiger partial charge in [-0.05, 0) is 243 Å². The van der Waals surface area contributed by atoms with E-state index in [9.17, 15) is 5.26 Å². The molecule has 11 heterocycles. The van der Waals surface area contributed by atoms with Gasteiger partial charge < -0.3 is 19.6 Å². The highest BCUT2D eigenvalue weighted by atomic mass is 32.5. The third-order valence-electron chi connectivity index (χ3n) is 30.8. The average molecular weight is 2150 g/mol. The molecule has 0 N–H and O–H groups in total. The van der Waals surface area contributed by atoms with Crippen molar-refractivity contribution in [3.8, 4) is 6.07 Å². The molecule has 17 aromatic carbocycles. The number of pyridine rings is 3. The number of fused-ring (bicyclic) bond motifs is 16. The normalized spacial score (nSPS) is 18.7. The van der Waals surface area contributed by atoms with Gasteiger partial charge in [0.15, 0.2) is 0 Å². The van der Waals surface area contributed by atoms with Crippen molar-refractivity contribution in [2.45, 2.75) is 116 Å². The number of hydrogen-bond acceptors (Lipinski definition) is 16. The molecule has 0 aliphatic carbocycles. The average Bonchev–Trinajstić information content (AvgIpc) is 0.717. The molecule has 0 saturated heterocycles. The summed E-state index contributed by atoms with van der Waals surface area (Å²) in [6, 6.07) is 148. The van der Waals surface area contributed by atoms with Gasteiger partial charge >= 0.3 is 0 Å². The van der Waals surface area contributed by atoms with Crippen LogP contribution in [0.2, 0.25) is 0 Å². The standard InChI is InChI=1S/C34H25N2PS2.3C32H25N2PS2/c1-34(2)26-9-3-5-11-28(26)36(29-12-6-4-10-27(29)34)24-17-20-31-33(21-24)39-32-14-8-7-13-30(32)37(31,38)25-18-15-23(22-35)16-19-25;1-32(2)24-11-3-5-13-26(24)34(27-14-6-4-12-25(27)32)22-17-18-29-31(20-22)37-30-16-8-7-15-28(30)35(29,36)23-10-9-19-33-21-23;1-32(2)23-11-3-5-13-25(23)34(26-14-6-4-12-24(26)32)22-18-19-28-30(21-22)37-29-16-8-7-15-27(29)35(28,36)31-17-9-10-20-33-31;1-32(2)24-9-3-5-11-26(24)34(27-12-6-4-10-25(27)32)22-15-16-29-31(21-22)37-30-14-8-7-13-28(30)35(29,36)23-17-19-33-20-18-23/h3-21H,1-2H3;3*3-21H,1-2H3. The largest absolute Gasteiger partial charge is 0.310 e. The Hall–Kier alpha value is -13.1. The minimum atomic E-state index is -2.30. The molecule has 0 bridgehead atoms. The summed E-state index contributed by atoms with van der Waals surface area (Å²) in [7, 11) is 0. The van der Waals surface area contributed by atoms with E-state index in [1.807, 2.05) is 102 Å². The molecule has 4 unspecified atom stereocenters. The van der Waals surface area contributed by atoms with E-state index < -0.39 is 24.2 Å². The Balaban J connectivity index is 0.000000104. The van der Waals surface area contributed by atoms with E-state index in [2.05, 4.69) is 497 Å². The van der Waals surface area contributed by atoms with E-state index in [1.165, 1.54) is 177 Å². The molecular weight excluding hydrogens is 2050 g/mol. The van der Waals surface area contributed by atoms with Gasteiger partial charge in [-0.1, -0.05) is 392 Å². The molecule has 3 aromatic heterocycles. The molecule has 150 heavy (non-hydrogen) atoms. The fourth-order valence-corrected chi connectivity index (χ4v) is 48.7. The Bertz CT molecular complexity index is 8340. The van der Waals surface area contributed by atoms with E-state index in [0.29, 0.717) is 5.56 Å². The maximum absolute atomic E-state index is 9.37. The van der Waals surface area contributed by atoms with Crippen LogP contribution >= 0.6 is 71.2 Å². The number of rotatable bonds is 8. The Morgan fingerprint density at radius 1 is 0.227 bits per heavy atom. The van der Waals surface area contributed by atoms with Crippen molar-refractivity contribution in [3.63, 3.8) is 0 Å². The van der Waals surface area contributed by atoms with Crippen molar-refractivity contribution >= 4 is 250 Å². The first-order valence-electron chi connectivity index (χ1n) is 50.2. The molecule has 8 nitrogen and oxygen atoms in total. The molecule has 0 fully saturated rings. The van der Waals surface area contributed by atoms with E-state index >= 15 is 0 Å². The maximum Gasteiger partial charge on any atom is 0.0991 e. The molecular formula is C130H100N8P4S8. The lowest BCUT2D eigenvalue weighted by molar-refractivity contribution is 0.631. The fourth-order valence-electron chi connectivity index (χ4n) is 23.4. The van der Waals surface area contributed by atoms with Gasteiger partial charge in [0, 0.05) is 180 Å². The molecule has 0 spiro atoms. The molecule has 728 valence electrons. The van der Waals surface area contributed by atoms with Gasteiger partial charge in [0.25, 0.3) is 0 Å². The summed E-state index contributed by atoms with van der Waals surface area (Å²) < 4.78 is 0. The Labute approximate surface area is 915 Å². The Morgan fingerprint density at radius 2 is 0.480 bits per heavy atom. The quantitative estimate of drug-likeness (QED) is 0.135. The lowest BCUT2D eigenvalue weighted by Gasteiger charge is -2.42. The van der Waals surface area contributed by atoms with Crippen molar-refractivity contribution in [2.24, 2.45) is 0 Å². The van der Waals surface area contributed by atoms with Crippen molar-refractivity contribution < 1.29 is 0 Å². The van der Waals surface area contributed by atoms with Crippen LogP contribution in [0.5, 0.6) is 0 Å². The van der Waals surface area contributed by atoms with Crippen LogP contribution in [0.3, 0.4) is 0 Å². The molecule has 8 aliphatic rings. The van der Waals surface area contributed by atoms with E-state index in [1.54, 1.807) is 0 Å². The highest BCUT2D eigenvalue weighted by Crippen LogP contribution is 2.63. The summed E-state index contributed by atoms with van der Waals surface area (Å²) in [5.74, 6) is 0. The smallest absolute Gasteiger partial charge is 0.0991 e. The molecule has 20 heteroatoms. The van der Waals surface area contributed by atoms with Gasteiger partial charge in [-0.3, -0.25) is 15.0 Å². The minimum Gasteiger partial charge on any atom is -0.310 e. The van der Waals surface area contributed by atoms with Crippen LogP contribution in [0.25, 0.3) is 0 Å². The molecule has 4 atom stereocenters. The lowest BCUT2D eigenvalue weighted by Crippen LogP contribution is -2.32. The van der Waals surface area contributed by atoms with Crippen LogP contribution < -0.4 is 83.4 Å². The van der Waals surface area contributed by atoms with Crippen molar-refractivity contribution in [1.82, 2.24) is 15.0 Å². The van der Waals surface area contributed by atoms with Crippen molar-refractivity contribution in [1.29, 1.82) is 5.26 Å². The fraction of sp³-hybridized carbons (Fsp3) is 0.0923. The first-order valence-corrected chi connectivity index (χ1v) is 64.7. The minimum absolute atomic E-state index is 0.0752. The Morgan fingerprint density at radius 3 is 0.760 bits per heavy atom. The van der Waals surface area contributed by atoms with Crippen LogP contribution in [0.4, 0.5) is 68.2 Å². The summed E-state index contributed by atoms with van der Waals surface area (Å²) in [6.07, 6.45) is 9.39. The number of benzene rings is 17. The van der Waals surface area contributed by atoms with Gasteiger partial charge in [0.05, 0.1) is 68.6 Å². The third kappa shape index (κ3) is 15.8. The SMILES string of the molecule is CC1(C)c2ccccc2N(c2ccc3c(c2)Sc2ccccc2P3(=S)c2ccc(C#N)cc2)c2ccccc21.CC1(C)c2ccccc2N(c2ccc3c(c2)Sc2ccccc2P3(=S)c2ccccn2)c2ccccc21.CC1(C)c2ccccc2N(c2ccc3c(c2)Sc2ccccc2P3(=S)c2cccnc2)c2ccccc21.CC1(C)c2ccccc2N(c2ccc3c(c2)Sc2ccccc2P3(=S)c2ccncc2)c2ccccc21. The lowest BCUT2D eigenvalue weighted by atomic mass is 9.73. The molecule has 20 aromatic rings. The van der Waals surface area contributed by atoms with Gasteiger partial charge in [-0.2, -0.15) is 5.26 Å². The highest BCUT2D eigenvalue weighted by molar-refractivity contribution is 8.28. The van der Waals surface area contributed by atoms with Crippen molar-refractivity contribution in [2.75, 3.05) is 19.6 Å². The number of para-hydroxylation sites is 8. The van der Waals surface area contributed by atoms with Gasteiger partial charge in [-0.15, -0.1) is 0 Å². The second-order valence-corrected chi connectivity index (χ2v) is 62.2. The van der Waals surface area contributed by atoms with Crippen LogP contribution in [-0.4, -0.2) is 15.0 Å². The zero-order chi connectivity index (χ0) is 102. The zero-order valence-corrected chi connectivity index (χ0v) is 93.6.